The van der Waals surface area contributed by atoms with E-state index in [2.05, 4.69) is 74.5 Å². The van der Waals surface area contributed by atoms with Gasteiger partial charge in [0.1, 0.15) is 5.75 Å². The Hall–Kier alpha value is -2.23. The van der Waals surface area contributed by atoms with Gasteiger partial charge in [-0.2, -0.15) is 10.9 Å². The Morgan fingerprint density at radius 3 is 1.82 bits per heavy atom. The van der Waals surface area contributed by atoms with Crippen molar-refractivity contribution in [2.24, 2.45) is 23.7 Å². The van der Waals surface area contributed by atoms with E-state index in [1.54, 1.807) is 0 Å². The number of rotatable bonds is 5. The molecule has 4 aliphatic carbocycles. The molecule has 4 fully saturated rings. The lowest BCUT2D eigenvalue weighted by Crippen LogP contribution is -2.49. The molecule has 0 saturated heterocycles. The summed E-state index contributed by atoms with van der Waals surface area (Å²) in [7, 11) is -0.534. The average molecular weight is 471 g/mol. The number of ether oxygens (including phenoxy) is 2. The molecular formula is C31H34O2S. The highest BCUT2D eigenvalue weighted by atomic mass is 32.2. The van der Waals surface area contributed by atoms with Crippen LogP contribution in [0, 0.1) is 37.5 Å². The van der Waals surface area contributed by atoms with Crippen molar-refractivity contribution in [1.29, 1.82) is 0 Å². The highest BCUT2D eigenvalue weighted by Crippen LogP contribution is 2.62. The summed E-state index contributed by atoms with van der Waals surface area (Å²) in [5, 5.41) is 0. The first-order chi connectivity index (χ1) is 16.7. The van der Waals surface area contributed by atoms with Crippen molar-refractivity contribution >= 4 is 10.9 Å². The van der Waals surface area contributed by atoms with Gasteiger partial charge in [0.25, 0.3) is 0 Å². The first kappa shape index (κ1) is 21.1. The summed E-state index contributed by atoms with van der Waals surface area (Å²) in [4.78, 5) is 4.35. The molecule has 0 atom stereocenters. The van der Waals surface area contributed by atoms with Crippen LogP contribution in [0.25, 0.3) is 11.1 Å². The van der Waals surface area contributed by atoms with E-state index in [-0.39, 0.29) is 0 Å². The molecule has 5 aliphatic rings. The summed E-state index contributed by atoms with van der Waals surface area (Å²) in [6.07, 6.45) is 7.45. The van der Waals surface area contributed by atoms with Gasteiger partial charge in [-0.3, -0.25) is 0 Å². The number of fused-ring (bicyclic) bond motifs is 3. The summed E-state index contributed by atoms with van der Waals surface area (Å²) in [6, 6.07) is 22.6. The molecular weight excluding hydrogens is 436 g/mol. The van der Waals surface area contributed by atoms with Gasteiger partial charge >= 0.3 is 0 Å². The number of hydrogen-bond acceptors (Lipinski definition) is 2. The van der Waals surface area contributed by atoms with Crippen molar-refractivity contribution in [3.8, 4) is 16.9 Å². The Bertz CT molecular complexity index is 1150. The van der Waals surface area contributed by atoms with Crippen LogP contribution in [-0.4, -0.2) is 12.9 Å². The third-order valence-electron chi connectivity index (χ3n) is 8.89. The summed E-state index contributed by atoms with van der Waals surface area (Å²) in [5.74, 6) is 4.51. The zero-order valence-corrected chi connectivity index (χ0v) is 21.1. The zero-order valence-electron chi connectivity index (χ0n) is 20.2. The third kappa shape index (κ3) is 3.35. The predicted molar refractivity (Wildman–Crippen MR) is 139 cm³/mol. The molecule has 0 amide bonds. The van der Waals surface area contributed by atoms with Gasteiger partial charge in [0.15, 0.2) is 6.79 Å². The van der Waals surface area contributed by atoms with Gasteiger partial charge < -0.3 is 9.47 Å². The molecule has 0 aromatic heterocycles. The Balaban J connectivity index is 1.12. The SMILES string of the molecule is Cc1cc([SH]2c3ccccc3-c3ccccc32)cc(C)c1OCOC1C2CC3CC(C2)CC1C3. The molecule has 0 N–H and O–H groups in total. The van der Waals surface area contributed by atoms with Gasteiger partial charge in [0.2, 0.25) is 0 Å². The molecule has 3 aromatic rings. The van der Waals surface area contributed by atoms with E-state index in [1.165, 1.54) is 69.0 Å². The Kier molecular flexibility index (Phi) is 5.07. The molecule has 0 spiro atoms. The monoisotopic (exact) mass is 470 g/mol. The molecule has 8 rings (SSSR count). The van der Waals surface area contributed by atoms with Crippen LogP contribution in [0.3, 0.4) is 0 Å². The lowest BCUT2D eigenvalue weighted by atomic mass is 9.55. The normalized spacial score (nSPS) is 29.2. The Morgan fingerprint density at radius 1 is 0.735 bits per heavy atom. The largest absolute Gasteiger partial charge is 0.467 e. The van der Waals surface area contributed by atoms with Gasteiger partial charge in [0.05, 0.1) is 6.10 Å². The van der Waals surface area contributed by atoms with E-state index < -0.39 is 10.9 Å². The standard InChI is InChI=1S/C31H34O2S/c1-19-11-25(34-28-9-5-3-7-26(28)27-8-4-6-10-29(27)34)12-20(2)30(19)32-18-33-31-23-14-21-13-22(16-23)17-24(31)15-21/h3-12,21-24,31,34H,13-18H2,1-2H3. The van der Waals surface area contributed by atoms with E-state index >= 15 is 0 Å². The highest BCUT2D eigenvalue weighted by Gasteiger charge is 2.48. The fourth-order valence-electron chi connectivity index (χ4n) is 7.80. The van der Waals surface area contributed by atoms with Crippen LogP contribution in [0.2, 0.25) is 0 Å². The van der Waals surface area contributed by atoms with Crippen molar-refractivity contribution in [3.63, 3.8) is 0 Å². The molecule has 1 heterocycles. The highest BCUT2D eigenvalue weighted by molar-refractivity contribution is 8.17. The van der Waals surface area contributed by atoms with E-state index in [0.29, 0.717) is 12.9 Å². The van der Waals surface area contributed by atoms with E-state index in [1.807, 2.05) is 0 Å². The first-order valence-corrected chi connectivity index (χ1v) is 14.3. The van der Waals surface area contributed by atoms with Crippen LogP contribution in [-0.2, 0) is 4.74 Å². The maximum Gasteiger partial charge on any atom is 0.189 e. The second-order valence-electron chi connectivity index (χ2n) is 11.1. The molecule has 4 saturated carbocycles. The smallest absolute Gasteiger partial charge is 0.189 e. The third-order valence-corrected chi connectivity index (χ3v) is 11.4. The summed E-state index contributed by atoms with van der Waals surface area (Å²) in [5.41, 5.74) is 5.22. The van der Waals surface area contributed by atoms with Gasteiger partial charge in [-0.05, 0) is 121 Å². The summed E-state index contributed by atoms with van der Waals surface area (Å²) >= 11 is 0. The molecule has 34 heavy (non-hydrogen) atoms. The Labute approximate surface area is 206 Å². The number of aryl methyl sites for hydroxylation is 2. The van der Waals surface area contributed by atoms with E-state index in [0.717, 1.165) is 29.4 Å². The van der Waals surface area contributed by atoms with Gasteiger partial charge in [0, 0.05) is 9.79 Å². The molecule has 176 valence electrons. The van der Waals surface area contributed by atoms with Crippen molar-refractivity contribution in [2.75, 3.05) is 6.79 Å². The summed E-state index contributed by atoms with van der Waals surface area (Å²) in [6.45, 7) is 4.77. The second kappa shape index (κ2) is 8.17. The lowest BCUT2D eigenvalue weighted by molar-refractivity contribution is -0.155. The molecule has 3 aromatic carbocycles. The second-order valence-corrected chi connectivity index (χ2v) is 13.3. The van der Waals surface area contributed by atoms with Crippen molar-refractivity contribution < 1.29 is 9.47 Å². The quantitative estimate of drug-likeness (QED) is 0.236. The fourth-order valence-corrected chi connectivity index (χ4v) is 10.6. The maximum atomic E-state index is 6.44. The lowest BCUT2D eigenvalue weighted by Gasteiger charge is -2.53. The summed E-state index contributed by atoms with van der Waals surface area (Å²) < 4.78 is 12.8. The minimum Gasteiger partial charge on any atom is -0.467 e. The number of hydrogen-bond donors (Lipinski definition) is 1. The Morgan fingerprint density at radius 2 is 1.26 bits per heavy atom. The van der Waals surface area contributed by atoms with Crippen molar-refractivity contribution in [2.45, 2.75) is 66.7 Å². The molecule has 2 nitrogen and oxygen atoms in total. The number of thiol groups is 1. The van der Waals surface area contributed by atoms with Crippen LogP contribution in [0.1, 0.15) is 43.2 Å². The zero-order chi connectivity index (χ0) is 22.8. The fraction of sp³-hybridized carbons (Fsp3) is 0.419. The van der Waals surface area contributed by atoms with Crippen molar-refractivity contribution in [3.05, 3.63) is 71.8 Å². The van der Waals surface area contributed by atoms with Gasteiger partial charge in [-0.15, -0.1) is 0 Å². The van der Waals surface area contributed by atoms with Crippen LogP contribution in [0.4, 0.5) is 0 Å². The van der Waals surface area contributed by atoms with E-state index in [9.17, 15) is 0 Å². The van der Waals surface area contributed by atoms with Gasteiger partial charge in [-0.1, -0.05) is 36.4 Å². The van der Waals surface area contributed by atoms with Gasteiger partial charge in [-0.25, -0.2) is 0 Å². The topological polar surface area (TPSA) is 18.5 Å². The van der Waals surface area contributed by atoms with Crippen LogP contribution < -0.4 is 4.74 Å². The van der Waals surface area contributed by atoms with E-state index in [4.69, 9.17) is 9.47 Å². The maximum absolute atomic E-state index is 6.44. The van der Waals surface area contributed by atoms with Crippen LogP contribution >= 0.6 is 10.9 Å². The van der Waals surface area contributed by atoms with Crippen LogP contribution in [0.5, 0.6) is 5.75 Å². The predicted octanol–water partition coefficient (Wildman–Crippen LogP) is 7.94. The molecule has 0 radical (unpaired) electrons. The molecule has 3 heteroatoms. The first-order valence-electron chi connectivity index (χ1n) is 13.0. The average Bonchev–Trinajstić information content (AvgIpc) is 3.16. The molecule has 4 bridgehead atoms. The minimum absolute atomic E-state index is 0.383. The molecule has 0 unspecified atom stereocenters. The van der Waals surface area contributed by atoms with Crippen molar-refractivity contribution in [1.82, 2.24) is 0 Å². The minimum atomic E-state index is -0.534. The van der Waals surface area contributed by atoms with Crippen LogP contribution in [0.15, 0.2) is 75.4 Å². The molecule has 1 aliphatic heterocycles. The number of benzene rings is 3.